The van der Waals surface area contributed by atoms with Crippen LogP contribution < -0.4 is 0 Å². The van der Waals surface area contributed by atoms with Gasteiger partial charge in [0, 0.05) is 12.6 Å². The van der Waals surface area contributed by atoms with Crippen molar-refractivity contribution in [1.29, 1.82) is 0 Å². The summed E-state index contributed by atoms with van der Waals surface area (Å²) in [7, 11) is 0. The van der Waals surface area contributed by atoms with Crippen molar-refractivity contribution in [2.45, 2.75) is 38.6 Å². The number of carboxylic acid groups (broad SMARTS) is 1. The van der Waals surface area contributed by atoms with Gasteiger partial charge in [-0.1, -0.05) is 29.8 Å². The van der Waals surface area contributed by atoms with Gasteiger partial charge < -0.3 is 10.0 Å². The van der Waals surface area contributed by atoms with Gasteiger partial charge >= 0.3 is 5.97 Å². The molecule has 1 fully saturated rings. The van der Waals surface area contributed by atoms with E-state index in [0.29, 0.717) is 13.0 Å². The third-order valence-corrected chi connectivity index (χ3v) is 4.08. The third kappa shape index (κ3) is 3.32. The second-order valence-corrected chi connectivity index (χ2v) is 5.77. The van der Waals surface area contributed by atoms with Gasteiger partial charge in [-0.05, 0) is 44.7 Å². The highest BCUT2D eigenvalue weighted by Gasteiger charge is 2.43. The van der Waals surface area contributed by atoms with Gasteiger partial charge in [-0.3, -0.25) is 4.79 Å². The first kappa shape index (κ1) is 15.3. The molecule has 1 aromatic rings. The van der Waals surface area contributed by atoms with Gasteiger partial charge in [-0.2, -0.15) is 0 Å². The van der Waals surface area contributed by atoms with E-state index in [1.807, 2.05) is 31.2 Å². The minimum atomic E-state index is -1.09. The summed E-state index contributed by atoms with van der Waals surface area (Å²) in [5, 5.41) is 9.42. The summed E-state index contributed by atoms with van der Waals surface area (Å²) in [6.45, 7) is 4.12. The summed E-state index contributed by atoms with van der Waals surface area (Å²) in [4.78, 5) is 25.3. The van der Waals surface area contributed by atoms with Crippen molar-refractivity contribution in [3.8, 4) is 0 Å². The zero-order valence-electron chi connectivity index (χ0n) is 12.5. The number of likely N-dealkylation sites (tertiary alicyclic amines) is 1. The molecule has 1 heterocycles. The molecule has 1 atom stereocenters. The highest BCUT2D eigenvalue weighted by molar-refractivity contribution is 5.95. The Morgan fingerprint density at radius 1 is 1.33 bits per heavy atom. The molecule has 0 radical (unpaired) electrons. The Bertz CT molecular complexity index is 579. The summed E-state index contributed by atoms with van der Waals surface area (Å²) >= 11 is 0. The lowest BCUT2D eigenvalue weighted by Gasteiger charge is -2.41. The molecule has 1 amide bonds. The highest BCUT2D eigenvalue weighted by atomic mass is 16.4. The standard InChI is InChI=1S/C17H21NO3/c1-13-6-5-7-14(12-13)8-9-15(19)18-11-4-3-10-17(18,2)16(20)21/h5-9,12H,3-4,10-11H2,1-2H3,(H,20,21)/b9-8+. The van der Waals surface area contributed by atoms with Gasteiger partial charge in [0.25, 0.3) is 0 Å². The number of piperidine rings is 1. The number of amides is 1. The van der Waals surface area contributed by atoms with Crippen LogP contribution in [0.4, 0.5) is 0 Å². The molecular formula is C17H21NO3. The van der Waals surface area contributed by atoms with E-state index in [1.54, 1.807) is 13.0 Å². The van der Waals surface area contributed by atoms with Crippen LogP contribution in [0, 0.1) is 6.92 Å². The maximum absolute atomic E-state index is 12.4. The number of aliphatic carboxylic acids is 1. The van der Waals surface area contributed by atoms with Crippen molar-refractivity contribution >= 4 is 18.0 Å². The molecule has 21 heavy (non-hydrogen) atoms. The van der Waals surface area contributed by atoms with Gasteiger partial charge in [0.1, 0.15) is 5.54 Å². The lowest BCUT2D eigenvalue weighted by Crippen LogP contribution is -2.57. The number of rotatable bonds is 3. The van der Waals surface area contributed by atoms with Crippen molar-refractivity contribution in [2.24, 2.45) is 0 Å². The number of nitrogens with zero attached hydrogens (tertiary/aromatic N) is 1. The van der Waals surface area contributed by atoms with Crippen molar-refractivity contribution in [1.82, 2.24) is 4.90 Å². The van der Waals surface area contributed by atoms with Crippen LogP contribution >= 0.6 is 0 Å². The molecule has 0 saturated carbocycles. The van der Waals surface area contributed by atoms with Crippen LogP contribution in [0.25, 0.3) is 6.08 Å². The molecule has 1 unspecified atom stereocenters. The average molecular weight is 287 g/mol. The average Bonchev–Trinajstić information content (AvgIpc) is 2.45. The monoisotopic (exact) mass is 287 g/mol. The zero-order valence-corrected chi connectivity index (χ0v) is 12.5. The highest BCUT2D eigenvalue weighted by Crippen LogP contribution is 2.28. The number of aryl methyl sites for hydroxylation is 1. The smallest absolute Gasteiger partial charge is 0.329 e. The minimum absolute atomic E-state index is 0.235. The van der Waals surface area contributed by atoms with E-state index in [2.05, 4.69) is 0 Å². The number of carbonyl (C=O) groups excluding carboxylic acids is 1. The maximum Gasteiger partial charge on any atom is 0.329 e. The van der Waals surface area contributed by atoms with Crippen LogP contribution in [0.15, 0.2) is 30.3 Å². The van der Waals surface area contributed by atoms with E-state index >= 15 is 0 Å². The van der Waals surface area contributed by atoms with Crippen LogP contribution in [0.3, 0.4) is 0 Å². The number of carbonyl (C=O) groups is 2. The molecule has 0 bridgehead atoms. The van der Waals surface area contributed by atoms with Gasteiger partial charge in [0.05, 0.1) is 0 Å². The second kappa shape index (κ2) is 6.12. The summed E-state index contributed by atoms with van der Waals surface area (Å²) in [5.41, 5.74) is 0.974. The normalized spacial score (nSPS) is 22.5. The Balaban J connectivity index is 2.16. The summed E-state index contributed by atoms with van der Waals surface area (Å²) in [5.74, 6) is -1.17. The fraction of sp³-hybridized carbons (Fsp3) is 0.412. The summed E-state index contributed by atoms with van der Waals surface area (Å²) in [6.07, 6.45) is 5.42. The first-order valence-corrected chi connectivity index (χ1v) is 7.23. The molecule has 0 spiro atoms. The molecule has 0 aliphatic carbocycles. The van der Waals surface area contributed by atoms with Gasteiger partial charge in [0.2, 0.25) is 5.91 Å². The van der Waals surface area contributed by atoms with Gasteiger partial charge in [-0.25, -0.2) is 4.79 Å². The van der Waals surface area contributed by atoms with Crippen LogP contribution in [-0.4, -0.2) is 34.0 Å². The molecule has 1 aliphatic heterocycles. The van der Waals surface area contributed by atoms with E-state index in [0.717, 1.165) is 24.0 Å². The van der Waals surface area contributed by atoms with Crippen molar-refractivity contribution in [3.63, 3.8) is 0 Å². The SMILES string of the molecule is Cc1cccc(/C=C/C(=O)N2CCCCC2(C)C(=O)O)c1. The molecule has 112 valence electrons. The molecule has 4 nitrogen and oxygen atoms in total. The summed E-state index contributed by atoms with van der Waals surface area (Å²) in [6, 6.07) is 7.83. The lowest BCUT2D eigenvalue weighted by molar-refractivity contribution is -0.158. The number of carboxylic acids is 1. The predicted octanol–water partition coefficient (Wildman–Crippen LogP) is 2.86. The quantitative estimate of drug-likeness (QED) is 0.870. The zero-order chi connectivity index (χ0) is 15.5. The van der Waals surface area contributed by atoms with E-state index in [9.17, 15) is 14.7 Å². The third-order valence-electron chi connectivity index (χ3n) is 4.08. The van der Waals surface area contributed by atoms with E-state index in [1.165, 1.54) is 11.0 Å². The Hall–Kier alpha value is -2.10. The molecule has 1 saturated heterocycles. The first-order chi connectivity index (χ1) is 9.93. The first-order valence-electron chi connectivity index (χ1n) is 7.23. The molecule has 1 N–H and O–H groups in total. The Kier molecular flexibility index (Phi) is 4.46. The van der Waals surface area contributed by atoms with E-state index < -0.39 is 11.5 Å². The van der Waals surface area contributed by atoms with E-state index in [-0.39, 0.29) is 5.91 Å². The molecular weight excluding hydrogens is 266 g/mol. The van der Waals surface area contributed by atoms with Crippen molar-refractivity contribution in [2.75, 3.05) is 6.54 Å². The number of hydrogen-bond donors (Lipinski definition) is 1. The molecule has 4 heteroatoms. The Labute approximate surface area is 125 Å². The molecule has 1 aromatic carbocycles. The fourth-order valence-corrected chi connectivity index (χ4v) is 2.73. The molecule has 1 aliphatic rings. The molecule has 0 aromatic heterocycles. The number of benzene rings is 1. The van der Waals surface area contributed by atoms with Crippen molar-refractivity contribution in [3.05, 3.63) is 41.5 Å². The largest absolute Gasteiger partial charge is 0.480 e. The van der Waals surface area contributed by atoms with Gasteiger partial charge in [-0.15, -0.1) is 0 Å². The Morgan fingerprint density at radius 3 is 2.76 bits per heavy atom. The lowest BCUT2D eigenvalue weighted by atomic mass is 9.88. The fourth-order valence-electron chi connectivity index (χ4n) is 2.73. The molecule has 2 rings (SSSR count). The van der Waals surface area contributed by atoms with E-state index in [4.69, 9.17) is 0 Å². The van der Waals surface area contributed by atoms with Crippen LogP contribution in [0.2, 0.25) is 0 Å². The summed E-state index contributed by atoms with van der Waals surface area (Å²) < 4.78 is 0. The van der Waals surface area contributed by atoms with Crippen LogP contribution in [0.5, 0.6) is 0 Å². The Morgan fingerprint density at radius 2 is 2.10 bits per heavy atom. The van der Waals surface area contributed by atoms with Crippen LogP contribution in [-0.2, 0) is 9.59 Å². The van der Waals surface area contributed by atoms with Gasteiger partial charge in [0.15, 0.2) is 0 Å². The maximum atomic E-state index is 12.4. The topological polar surface area (TPSA) is 57.6 Å². The predicted molar refractivity (Wildman–Crippen MR) is 81.8 cm³/mol. The minimum Gasteiger partial charge on any atom is -0.480 e. The second-order valence-electron chi connectivity index (χ2n) is 5.77. The van der Waals surface area contributed by atoms with Crippen molar-refractivity contribution < 1.29 is 14.7 Å². The number of hydrogen-bond acceptors (Lipinski definition) is 2. The van der Waals surface area contributed by atoms with Crippen LogP contribution in [0.1, 0.15) is 37.3 Å².